The predicted octanol–water partition coefficient (Wildman–Crippen LogP) is -0.616. The Hall–Kier alpha value is -3.07. The van der Waals surface area contributed by atoms with Crippen LogP contribution in [0, 0.1) is 0 Å². The van der Waals surface area contributed by atoms with Crippen LogP contribution in [-0.4, -0.2) is 96.6 Å². The normalized spacial score (nSPS) is 24.7. The number of aromatic amines is 1. The number of nitrogens with one attached hydrogen (secondary N) is 4. The monoisotopic (exact) mass is 495 g/mol. The van der Waals surface area contributed by atoms with E-state index in [1.54, 1.807) is 20.8 Å². The van der Waals surface area contributed by atoms with Crippen LogP contribution in [-0.2, 0) is 14.3 Å². The Labute approximate surface area is 201 Å². The number of alkyl carbamates (subject to hydrolysis) is 1. The molecule has 1 saturated heterocycles. The van der Waals surface area contributed by atoms with Gasteiger partial charge in [0.05, 0.1) is 19.0 Å². The maximum atomic E-state index is 12.4. The Bertz CT molecular complexity index is 994. The van der Waals surface area contributed by atoms with E-state index in [1.165, 1.54) is 12.7 Å². The molecule has 2 amide bonds. The number of imidazole rings is 1. The molecule has 2 aromatic rings. The number of carbonyl (C=O) groups excluding carboxylic acids is 2. The van der Waals surface area contributed by atoms with Crippen molar-refractivity contribution >= 4 is 29.0 Å². The molecule has 1 aliphatic heterocycles. The second-order valence-corrected chi connectivity index (χ2v) is 9.21. The summed E-state index contributed by atoms with van der Waals surface area (Å²) < 4.78 is 10.9. The van der Waals surface area contributed by atoms with E-state index in [0.717, 1.165) is 0 Å². The van der Waals surface area contributed by atoms with Gasteiger partial charge in [-0.05, 0) is 33.6 Å². The molecule has 14 nitrogen and oxygen atoms in total. The van der Waals surface area contributed by atoms with Crippen LogP contribution in [0.3, 0.4) is 0 Å². The van der Waals surface area contributed by atoms with Crippen molar-refractivity contribution in [3.63, 3.8) is 0 Å². The fourth-order valence-corrected chi connectivity index (χ4v) is 3.60. The first-order valence-corrected chi connectivity index (χ1v) is 11.4. The van der Waals surface area contributed by atoms with Crippen LogP contribution in [0.4, 0.5) is 10.6 Å². The zero-order valence-electron chi connectivity index (χ0n) is 19.9. The number of nitrogens with zero attached hydrogens (tertiary/aromatic N) is 3. The Morgan fingerprint density at radius 2 is 1.94 bits per heavy atom. The number of rotatable bonds is 9. The molecule has 0 aromatic carbocycles. The highest BCUT2D eigenvalue weighted by molar-refractivity contribution is 5.82. The summed E-state index contributed by atoms with van der Waals surface area (Å²) in [7, 11) is 0. The first-order valence-electron chi connectivity index (χ1n) is 11.4. The maximum Gasteiger partial charge on any atom is 0.407 e. The average Bonchev–Trinajstić information content (AvgIpc) is 3.27. The van der Waals surface area contributed by atoms with Crippen molar-refractivity contribution < 1.29 is 34.4 Å². The largest absolute Gasteiger partial charge is 0.444 e. The van der Waals surface area contributed by atoms with Crippen LogP contribution in [0.1, 0.15) is 40.0 Å². The van der Waals surface area contributed by atoms with Gasteiger partial charge in [0.25, 0.3) is 0 Å². The van der Waals surface area contributed by atoms with E-state index in [4.69, 9.17) is 9.47 Å². The minimum absolute atomic E-state index is 0.119. The lowest BCUT2D eigenvalue weighted by molar-refractivity contribution is -0.185. The molecule has 0 spiro atoms. The Morgan fingerprint density at radius 3 is 2.66 bits per heavy atom. The van der Waals surface area contributed by atoms with Gasteiger partial charge in [0.15, 0.2) is 17.7 Å². The number of carbonyl (C=O) groups is 2. The number of hydrogen-bond donors (Lipinski definition) is 7. The number of amides is 2. The van der Waals surface area contributed by atoms with Gasteiger partial charge in [0.2, 0.25) is 5.91 Å². The molecule has 0 bridgehead atoms. The SMILES string of the molecule is CC(C)(C)OC(=O)NCCCCC(=O)N[C@@H]1[C@@H](O)[C@H](O)[C@@H](Nc2ncnc3nc[nH]c23)O[C@H]1CO. The van der Waals surface area contributed by atoms with Gasteiger partial charge >= 0.3 is 6.09 Å². The van der Waals surface area contributed by atoms with Crippen LogP contribution in [0.5, 0.6) is 0 Å². The molecule has 3 heterocycles. The minimum atomic E-state index is -1.44. The standard InChI is InChI=1S/C21H33N7O7/c1-21(2,3)35-20(33)22-7-5-4-6-12(30)27-13-11(8-29)34-19(16(32)15(13)31)28-18-14-17(24-9-23-14)25-10-26-18/h9-11,13,15-16,19,29,31-32H,4-8H2,1-3H3,(H,22,33)(H,27,30)(H2,23,24,25,26,28)/t11-,13-,15+,16-,19-/m0/s1. The van der Waals surface area contributed by atoms with Gasteiger partial charge in [-0.2, -0.15) is 0 Å². The first-order chi connectivity index (χ1) is 16.6. The Balaban J connectivity index is 1.48. The van der Waals surface area contributed by atoms with Crippen molar-refractivity contribution in [2.24, 2.45) is 0 Å². The average molecular weight is 496 g/mol. The van der Waals surface area contributed by atoms with Gasteiger partial charge in [0.1, 0.15) is 35.8 Å². The van der Waals surface area contributed by atoms with E-state index >= 15 is 0 Å². The summed E-state index contributed by atoms with van der Waals surface area (Å²) in [5, 5.41) is 39.2. The van der Waals surface area contributed by atoms with Crippen molar-refractivity contribution in [1.82, 2.24) is 30.6 Å². The molecule has 0 aliphatic carbocycles. The third kappa shape index (κ3) is 7.21. The van der Waals surface area contributed by atoms with Crippen LogP contribution in [0.15, 0.2) is 12.7 Å². The molecular weight excluding hydrogens is 462 g/mol. The lowest BCUT2D eigenvalue weighted by Crippen LogP contribution is -2.65. The second kappa shape index (κ2) is 11.6. The second-order valence-electron chi connectivity index (χ2n) is 9.21. The molecule has 1 aliphatic rings. The molecule has 35 heavy (non-hydrogen) atoms. The fourth-order valence-electron chi connectivity index (χ4n) is 3.60. The fraction of sp³-hybridized carbons (Fsp3) is 0.667. The summed E-state index contributed by atoms with van der Waals surface area (Å²) in [4.78, 5) is 39.0. The maximum absolute atomic E-state index is 12.4. The molecule has 14 heteroatoms. The molecule has 7 N–H and O–H groups in total. The highest BCUT2D eigenvalue weighted by Crippen LogP contribution is 2.24. The number of H-pyrrole nitrogens is 1. The topological polar surface area (TPSA) is 204 Å². The molecule has 5 atom stereocenters. The number of ether oxygens (including phenoxy) is 2. The van der Waals surface area contributed by atoms with E-state index in [1.807, 2.05) is 0 Å². The van der Waals surface area contributed by atoms with Gasteiger partial charge in [-0.1, -0.05) is 0 Å². The van der Waals surface area contributed by atoms with Crippen molar-refractivity contribution in [3.8, 4) is 0 Å². The molecule has 1 fully saturated rings. The number of unbranched alkanes of at least 4 members (excludes halogenated alkanes) is 1. The van der Waals surface area contributed by atoms with Gasteiger partial charge in [-0.15, -0.1) is 0 Å². The van der Waals surface area contributed by atoms with Crippen molar-refractivity contribution in [3.05, 3.63) is 12.7 Å². The lowest BCUT2D eigenvalue weighted by Gasteiger charge is -2.42. The summed E-state index contributed by atoms with van der Waals surface area (Å²) >= 11 is 0. The zero-order chi connectivity index (χ0) is 25.6. The van der Waals surface area contributed by atoms with Gasteiger partial charge in [-0.25, -0.2) is 19.7 Å². The smallest absolute Gasteiger partial charge is 0.407 e. The summed E-state index contributed by atoms with van der Waals surface area (Å²) in [6.07, 6.45) is -1.63. The summed E-state index contributed by atoms with van der Waals surface area (Å²) in [6, 6.07) is -1.03. The molecule has 0 unspecified atom stereocenters. The van der Waals surface area contributed by atoms with E-state index < -0.39 is 48.9 Å². The third-order valence-electron chi connectivity index (χ3n) is 5.26. The number of anilines is 1. The third-order valence-corrected chi connectivity index (χ3v) is 5.26. The summed E-state index contributed by atoms with van der Waals surface area (Å²) in [5.74, 6) is -0.0927. The lowest BCUT2D eigenvalue weighted by atomic mass is 9.95. The van der Waals surface area contributed by atoms with E-state index in [2.05, 4.69) is 35.9 Å². The number of aliphatic hydroxyl groups is 3. The molecule has 0 saturated carbocycles. The molecule has 2 aromatic heterocycles. The van der Waals surface area contributed by atoms with Crippen molar-refractivity contribution in [1.29, 1.82) is 0 Å². The van der Waals surface area contributed by atoms with Crippen molar-refractivity contribution in [2.75, 3.05) is 18.5 Å². The van der Waals surface area contributed by atoms with Crippen molar-refractivity contribution in [2.45, 2.75) is 76.2 Å². The van der Waals surface area contributed by atoms with Gasteiger partial charge in [0, 0.05) is 13.0 Å². The van der Waals surface area contributed by atoms with Gasteiger partial charge in [-0.3, -0.25) is 4.79 Å². The number of fused-ring (bicyclic) bond motifs is 1. The zero-order valence-corrected chi connectivity index (χ0v) is 19.9. The highest BCUT2D eigenvalue weighted by Gasteiger charge is 2.45. The number of aliphatic hydroxyl groups excluding tert-OH is 3. The molecule has 194 valence electrons. The van der Waals surface area contributed by atoms with E-state index in [0.29, 0.717) is 36.4 Å². The summed E-state index contributed by atoms with van der Waals surface area (Å²) in [5.41, 5.74) is 0.295. The number of hydrogen-bond acceptors (Lipinski definition) is 11. The molecular formula is C21H33N7O7. The molecule has 3 rings (SSSR count). The Kier molecular flexibility index (Phi) is 8.77. The highest BCUT2D eigenvalue weighted by atomic mass is 16.6. The Morgan fingerprint density at radius 1 is 1.17 bits per heavy atom. The van der Waals surface area contributed by atoms with Crippen LogP contribution in [0.2, 0.25) is 0 Å². The van der Waals surface area contributed by atoms with E-state index in [-0.39, 0.29) is 12.3 Å². The quantitative estimate of drug-likeness (QED) is 0.218. The first kappa shape index (κ1) is 26.5. The van der Waals surface area contributed by atoms with E-state index in [9.17, 15) is 24.9 Å². The van der Waals surface area contributed by atoms with Crippen LogP contribution >= 0.6 is 0 Å². The van der Waals surface area contributed by atoms with Crippen LogP contribution in [0.25, 0.3) is 11.2 Å². The summed E-state index contributed by atoms with van der Waals surface area (Å²) in [6.45, 7) is 5.14. The van der Waals surface area contributed by atoms with Gasteiger partial charge < -0.3 is 45.7 Å². The predicted molar refractivity (Wildman–Crippen MR) is 123 cm³/mol. The number of aromatic nitrogens is 4. The van der Waals surface area contributed by atoms with Crippen LogP contribution < -0.4 is 16.0 Å². The molecule has 0 radical (unpaired) electrons. The minimum Gasteiger partial charge on any atom is -0.444 e.